The lowest BCUT2D eigenvalue weighted by Gasteiger charge is -2.45. The van der Waals surface area contributed by atoms with Gasteiger partial charge in [0, 0.05) is 19.6 Å². The zero-order chi connectivity index (χ0) is 27.9. The fourth-order valence-electron chi connectivity index (χ4n) is 5.02. The molecule has 1 unspecified atom stereocenters. The first-order valence-corrected chi connectivity index (χ1v) is 12.7. The summed E-state index contributed by atoms with van der Waals surface area (Å²) in [5.41, 5.74) is 1.10. The van der Waals surface area contributed by atoms with E-state index in [-0.39, 0.29) is 35.4 Å². The van der Waals surface area contributed by atoms with Gasteiger partial charge < -0.3 is 24.4 Å². The normalized spacial score (nSPS) is 18.5. The molecule has 3 aromatic rings. The lowest BCUT2D eigenvalue weighted by Crippen LogP contribution is -2.59. The zero-order valence-electron chi connectivity index (χ0n) is 22.3. The molecule has 2 aromatic heterocycles. The Kier molecular flexibility index (Phi) is 7.10. The Balaban J connectivity index is 1.68. The largest absolute Gasteiger partial charge is 0.494 e. The molecule has 1 N–H and O–H groups in total. The van der Waals surface area contributed by atoms with Crippen molar-refractivity contribution in [2.75, 3.05) is 44.9 Å². The van der Waals surface area contributed by atoms with Gasteiger partial charge in [-0.1, -0.05) is 32.9 Å². The van der Waals surface area contributed by atoms with Gasteiger partial charge in [-0.05, 0) is 29.5 Å². The minimum atomic E-state index is -2.91. The van der Waals surface area contributed by atoms with E-state index >= 15 is 0 Å². The van der Waals surface area contributed by atoms with Gasteiger partial charge in [0.1, 0.15) is 11.3 Å². The number of benzene rings is 1. The van der Waals surface area contributed by atoms with Crippen LogP contribution in [0.25, 0.3) is 22.6 Å². The number of carboxylic acid groups (broad SMARTS) is 1. The SMILES string of the molecule is COc1cccc2c1nc(C(F)F)n2-c1nc(C2=CCOCC2)nc(N2CCN(C(=O)O)C(C(C)(C)C)C2)n1. The summed E-state index contributed by atoms with van der Waals surface area (Å²) in [7, 11) is 1.45. The number of imidazole rings is 1. The molecular formula is C26H31F2N7O4. The topological polar surface area (TPSA) is 119 Å². The van der Waals surface area contributed by atoms with Crippen molar-refractivity contribution < 1.29 is 28.2 Å². The second-order valence-electron chi connectivity index (χ2n) is 10.6. The van der Waals surface area contributed by atoms with Crippen LogP contribution in [0.4, 0.5) is 19.5 Å². The molecule has 13 heteroatoms. The Morgan fingerprint density at radius 3 is 2.56 bits per heavy atom. The standard InChI is InChI=1S/C26H31F2N7O4/c1-26(2,3)18-14-33(10-11-34(18)25(36)37)23-30-21(15-8-12-39-13-9-15)31-24(32-23)35-16-6-5-7-17(38-4)19(16)29-22(35)20(27)28/h5-8,18,20H,9-14H2,1-4H3,(H,36,37). The highest BCUT2D eigenvalue weighted by Crippen LogP contribution is 2.34. The maximum Gasteiger partial charge on any atom is 0.407 e. The molecule has 0 saturated carbocycles. The Hall–Kier alpha value is -3.87. The third kappa shape index (κ3) is 5.10. The number of methoxy groups -OCH3 is 1. The summed E-state index contributed by atoms with van der Waals surface area (Å²) in [4.78, 5) is 33.5. The van der Waals surface area contributed by atoms with E-state index in [9.17, 15) is 18.7 Å². The van der Waals surface area contributed by atoms with Crippen LogP contribution < -0.4 is 9.64 Å². The zero-order valence-corrected chi connectivity index (χ0v) is 22.3. The van der Waals surface area contributed by atoms with Gasteiger partial charge in [0.05, 0.1) is 31.9 Å². The first kappa shape index (κ1) is 26.7. The fourth-order valence-corrected chi connectivity index (χ4v) is 5.02. The average Bonchev–Trinajstić information content (AvgIpc) is 3.33. The quantitative estimate of drug-likeness (QED) is 0.506. The van der Waals surface area contributed by atoms with E-state index in [0.29, 0.717) is 49.8 Å². The summed E-state index contributed by atoms with van der Waals surface area (Å²) in [6, 6.07) is 4.66. The van der Waals surface area contributed by atoms with Gasteiger partial charge in [-0.15, -0.1) is 0 Å². The number of ether oxygens (including phenoxy) is 2. The number of nitrogens with zero attached hydrogens (tertiary/aromatic N) is 7. The van der Waals surface area contributed by atoms with Crippen molar-refractivity contribution >= 4 is 28.6 Å². The Labute approximate surface area is 224 Å². The molecule has 1 aromatic carbocycles. The molecule has 2 aliphatic rings. The van der Waals surface area contributed by atoms with Gasteiger partial charge in [-0.25, -0.2) is 18.6 Å². The van der Waals surface area contributed by atoms with Crippen molar-refractivity contribution in [3.8, 4) is 11.7 Å². The van der Waals surface area contributed by atoms with Crippen molar-refractivity contribution in [3.05, 3.63) is 35.9 Å². The summed E-state index contributed by atoms with van der Waals surface area (Å²) >= 11 is 0. The Bertz CT molecular complexity index is 1420. The predicted octanol–water partition coefficient (Wildman–Crippen LogP) is 4.18. The number of rotatable bonds is 5. The number of anilines is 1. The molecule has 0 radical (unpaired) electrons. The van der Waals surface area contributed by atoms with Gasteiger partial charge in [-0.3, -0.25) is 4.57 Å². The van der Waals surface area contributed by atoms with Crippen LogP contribution in [-0.4, -0.2) is 86.6 Å². The molecule has 11 nitrogen and oxygen atoms in total. The van der Waals surface area contributed by atoms with Crippen LogP contribution in [-0.2, 0) is 4.74 Å². The van der Waals surface area contributed by atoms with E-state index < -0.39 is 18.3 Å². The number of hydrogen-bond acceptors (Lipinski definition) is 8. The Morgan fingerprint density at radius 1 is 1.15 bits per heavy atom. The van der Waals surface area contributed by atoms with Gasteiger partial charge in [0.25, 0.3) is 6.43 Å². The summed E-state index contributed by atoms with van der Waals surface area (Å²) in [6.07, 6.45) is -1.46. The van der Waals surface area contributed by atoms with E-state index in [4.69, 9.17) is 14.5 Å². The van der Waals surface area contributed by atoms with Crippen LogP contribution in [0.1, 0.15) is 45.3 Å². The van der Waals surface area contributed by atoms with Crippen LogP contribution in [0.5, 0.6) is 5.75 Å². The molecule has 39 heavy (non-hydrogen) atoms. The maximum atomic E-state index is 14.3. The second kappa shape index (κ2) is 10.4. The Morgan fingerprint density at radius 2 is 1.92 bits per heavy atom. The third-order valence-electron chi connectivity index (χ3n) is 7.06. The fraction of sp³-hybridized carbons (Fsp3) is 0.500. The smallest absolute Gasteiger partial charge is 0.407 e. The highest BCUT2D eigenvalue weighted by molar-refractivity contribution is 5.84. The number of carbonyl (C=O) groups is 1. The molecule has 1 atom stereocenters. The van der Waals surface area contributed by atoms with Crippen molar-refractivity contribution in [1.29, 1.82) is 0 Å². The molecule has 0 bridgehead atoms. The van der Waals surface area contributed by atoms with E-state index in [2.05, 4.69) is 15.0 Å². The molecule has 2 aliphatic heterocycles. The van der Waals surface area contributed by atoms with E-state index in [0.717, 1.165) is 5.57 Å². The number of para-hydroxylation sites is 1. The van der Waals surface area contributed by atoms with Gasteiger partial charge in [0.15, 0.2) is 11.6 Å². The monoisotopic (exact) mass is 543 g/mol. The lowest BCUT2D eigenvalue weighted by molar-refractivity contribution is 0.0745. The van der Waals surface area contributed by atoms with Gasteiger partial charge in [0.2, 0.25) is 11.9 Å². The molecule has 5 rings (SSSR count). The molecular weight excluding hydrogens is 512 g/mol. The average molecular weight is 544 g/mol. The molecule has 1 amide bonds. The van der Waals surface area contributed by atoms with E-state index in [1.807, 2.05) is 31.7 Å². The number of alkyl halides is 2. The minimum Gasteiger partial charge on any atom is -0.494 e. The highest BCUT2D eigenvalue weighted by atomic mass is 19.3. The number of amides is 1. The van der Waals surface area contributed by atoms with Crippen LogP contribution in [0.15, 0.2) is 24.3 Å². The minimum absolute atomic E-state index is 0.00131. The molecule has 4 heterocycles. The van der Waals surface area contributed by atoms with E-state index in [1.54, 1.807) is 18.2 Å². The van der Waals surface area contributed by atoms with Crippen molar-refractivity contribution in [3.63, 3.8) is 0 Å². The van der Waals surface area contributed by atoms with Crippen molar-refractivity contribution in [1.82, 2.24) is 29.4 Å². The predicted molar refractivity (Wildman–Crippen MR) is 140 cm³/mol. The number of aromatic nitrogens is 5. The molecule has 208 valence electrons. The number of hydrogen-bond donors (Lipinski definition) is 1. The second-order valence-corrected chi connectivity index (χ2v) is 10.6. The molecule has 1 saturated heterocycles. The number of fused-ring (bicyclic) bond motifs is 1. The lowest BCUT2D eigenvalue weighted by atomic mass is 9.84. The number of halogens is 2. The summed E-state index contributed by atoms with van der Waals surface area (Å²) in [6.45, 7) is 7.74. The maximum absolute atomic E-state index is 14.3. The third-order valence-corrected chi connectivity index (χ3v) is 7.06. The molecule has 1 fully saturated rings. The summed E-state index contributed by atoms with van der Waals surface area (Å²) in [5.74, 6) is 0.485. The van der Waals surface area contributed by atoms with Crippen LogP contribution in [0.3, 0.4) is 0 Å². The van der Waals surface area contributed by atoms with Gasteiger partial charge in [-0.2, -0.15) is 15.0 Å². The van der Waals surface area contributed by atoms with Crippen molar-refractivity contribution in [2.24, 2.45) is 5.41 Å². The van der Waals surface area contributed by atoms with Crippen LogP contribution >= 0.6 is 0 Å². The first-order chi connectivity index (χ1) is 18.6. The van der Waals surface area contributed by atoms with Crippen molar-refractivity contribution in [2.45, 2.75) is 39.7 Å². The van der Waals surface area contributed by atoms with Crippen LogP contribution in [0.2, 0.25) is 0 Å². The highest BCUT2D eigenvalue weighted by Gasteiger charge is 2.39. The van der Waals surface area contributed by atoms with Gasteiger partial charge >= 0.3 is 6.09 Å². The summed E-state index contributed by atoms with van der Waals surface area (Å²) in [5, 5.41) is 9.79. The first-order valence-electron chi connectivity index (χ1n) is 12.7. The molecule has 0 spiro atoms. The summed E-state index contributed by atoms with van der Waals surface area (Å²) < 4.78 is 40.7. The molecule has 0 aliphatic carbocycles. The number of piperazine rings is 1. The van der Waals surface area contributed by atoms with E-state index in [1.165, 1.54) is 16.6 Å². The van der Waals surface area contributed by atoms with Crippen LogP contribution in [0, 0.1) is 5.41 Å².